The lowest BCUT2D eigenvalue weighted by molar-refractivity contribution is 0.00902. The molecular weight excluding hydrogens is 224 g/mol. The average Bonchev–Trinajstić information content (AvgIpc) is 2.60. The van der Waals surface area contributed by atoms with Crippen molar-refractivity contribution in [3.63, 3.8) is 0 Å². The van der Waals surface area contributed by atoms with E-state index >= 15 is 0 Å². The van der Waals surface area contributed by atoms with Crippen molar-refractivity contribution in [1.82, 2.24) is 4.90 Å². The molecule has 1 aliphatic heterocycles. The monoisotopic (exact) mass is 246 g/mol. The summed E-state index contributed by atoms with van der Waals surface area (Å²) in [7, 11) is 0. The number of hydrogen-bond donors (Lipinski definition) is 1. The van der Waals surface area contributed by atoms with E-state index in [0.29, 0.717) is 6.04 Å². The summed E-state index contributed by atoms with van der Waals surface area (Å²) in [6.45, 7) is 3.76. The van der Waals surface area contributed by atoms with Crippen LogP contribution in [-0.4, -0.2) is 37.2 Å². The summed E-state index contributed by atoms with van der Waals surface area (Å²) in [4.78, 5) is 2.52. The summed E-state index contributed by atoms with van der Waals surface area (Å²) in [6.07, 6.45) is 3.62. The van der Waals surface area contributed by atoms with Gasteiger partial charge in [-0.05, 0) is 30.4 Å². The van der Waals surface area contributed by atoms with Gasteiger partial charge in [-0.2, -0.15) is 0 Å². The molecule has 0 bridgehead atoms. The van der Waals surface area contributed by atoms with Gasteiger partial charge < -0.3 is 10.5 Å². The molecule has 1 fully saturated rings. The summed E-state index contributed by atoms with van der Waals surface area (Å²) in [5.41, 5.74) is 9.34. The molecule has 3 heteroatoms. The number of nitrogens with two attached hydrogens (primary N) is 1. The van der Waals surface area contributed by atoms with Crippen molar-refractivity contribution in [3.8, 4) is 0 Å². The van der Waals surface area contributed by atoms with Crippen LogP contribution in [0.1, 0.15) is 30.0 Å². The molecule has 2 N–H and O–H groups in total. The van der Waals surface area contributed by atoms with Crippen molar-refractivity contribution < 1.29 is 4.74 Å². The van der Waals surface area contributed by atoms with Crippen molar-refractivity contribution in [1.29, 1.82) is 0 Å². The number of hydrogen-bond acceptors (Lipinski definition) is 3. The Morgan fingerprint density at radius 3 is 2.78 bits per heavy atom. The van der Waals surface area contributed by atoms with E-state index in [0.717, 1.165) is 26.3 Å². The standard InChI is InChI=1S/C15H22N2O/c16-15-13-6-2-1-4-12(13)5-3-7-14(15)17-8-10-18-11-9-17/h1-2,4,6,14-15H,3,5,7-11,16H2. The molecule has 0 radical (unpaired) electrons. The maximum absolute atomic E-state index is 6.54. The second-order valence-electron chi connectivity index (χ2n) is 5.33. The number of morpholine rings is 1. The Morgan fingerprint density at radius 2 is 1.94 bits per heavy atom. The van der Waals surface area contributed by atoms with Gasteiger partial charge >= 0.3 is 0 Å². The Balaban J connectivity index is 1.84. The maximum Gasteiger partial charge on any atom is 0.0594 e. The van der Waals surface area contributed by atoms with Crippen LogP contribution in [0.3, 0.4) is 0 Å². The number of fused-ring (bicyclic) bond motifs is 1. The second-order valence-corrected chi connectivity index (χ2v) is 5.33. The molecule has 2 atom stereocenters. The van der Waals surface area contributed by atoms with Gasteiger partial charge in [0.2, 0.25) is 0 Å². The van der Waals surface area contributed by atoms with Crippen LogP contribution in [0.4, 0.5) is 0 Å². The molecule has 3 nitrogen and oxygen atoms in total. The number of benzene rings is 1. The van der Waals surface area contributed by atoms with E-state index in [1.165, 1.54) is 30.4 Å². The van der Waals surface area contributed by atoms with Gasteiger partial charge in [-0.15, -0.1) is 0 Å². The van der Waals surface area contributed by atoms with Crippen LogP contribution >= 0.6 is 0 Å². The van der Waals surface area contributed by atoms with Crippen LogP contribution in [0.25, 0.3) is 0 Å². The molecular formula is C15H22N2O. The highest BCUT2D eigenvalue weighted by atomic mass is 16.5. The van der Waals surface area contributed by atoms with Gasteiger partial charge in [0.05, 0.1) is 13.2 Å². The molecule has 2 unspecified atom stereocenters. The number of rotatable bonds is 1. The molecule has 0 amide bonds. The molecule has 0 saturated carbocycles. The molecule has 1 aromatic rings. The van der Waals surface area contributed by atoms with Gasteiger partial charge in [-0.1, -0.05) is 24.3 Å². The number of nitrogens with zero attached hydrogens (tertiary/aromatic N) is 1. The van der Waals surface area contributed by atoms with Crippen molar-refractivity contribution in [3.05, 3.63) is 35.4 Å². The molecule has 1 heterocycles. The highest BCUT2D eigenvalue weighted by molar-refractivity contribution is 5.32. The fraction of sp³-hybridized carbons (Fsp3) is 0.600. The van der Waals surface area contributed by atoms with E-state index in [1.807, 2.05) is 0 Å². The zero-order valence-corrected chi connectivity index (χ0v) is 10.8. The third-order valence-corrected chi connectivity index (χ3v) is 4.29. The SMILES string of the molecule is NC1c2ccccc2CCCC1N1CCOCC1. The first kappa shape index (κ1) is 12.2. The smallest absolute Gasteiger partial charge is 0.0594 e. The Hall–Kier alpha value is -0.900. The van der Waals surface area contributed by atoms with Crippen LogP contribution in [0.5, 0.6) is 0 Å². The lowest BCUT2D eigenvalue weighted by Crippen LogP contribution is -2.48. The molecule has 2 aliphatic rings. The molecule has 1 aromatic carbocycles. The van der Waals surface area contributed by atoms with E-state index in [2.05, 4.69) is 29.2 Å². The third-order valence-electron chi connectivity index (χ3n) is 4.29. The summed E-state index contributed by atoms with van der Waals surface area (Å²) in [5.74, 6) is 0. The number of aryl methyl sites for hydroxylation is 1. The highest BCUT2D eigenvalue weighted by Crippen LogP contribution is 2.30. The zero-order chi connectivity index (χ0) is 12.4. The van der Waals surface area contributed by atoms with E-state index in [1.54, 1.807) is 0 Å². The molecule has 1 aliphatic carbocycles. The summed E-state index contributed by atoms with van der Waals surface area (Å²) >= 11 is 0. The quantitative estimate of drug-likeness (QED) is 0.767. The van der Waals surface area contributed by atoms with Gasteiger partial charge in [0.15, 0.2) is 0 Å². The first-order valence-corrected chi connectivity index (χ1v) is 7.01. The second kappa shape index (κ2) is 5.39. The van der Waals surface area contributed by atoms with Gasteiger partial charge in [0.1, 0.15) is 0 Å². The fourth-order valence-electron chi connectivity index (χ4n) is 3.29. The van der Waals surface area contributed by atoms with Crippen LogP contribution in [0.2, 0.25) is 0 Å². The van der Waals surface area contributed by atoms with Crippen molar-refractivity contribution in [2.75, 3.05) is 26.3 Å². The minimum atomic E-state index is 0.154. The normalized spacial score (nSPS) is 29.6. The molecule has 1 saturated heterocycles. The minimum Gasteiger partial charge on any atom is -0.379 e. The minimum absolute atomic E-state index is 0.154. The lowest BCUT2D eigenvalue weighted by atomic mass is 9.96. The Labute approximate surface area is 109 Å². The maximum atomic E-state index is 6.54. The van der Waals surface area contributed by atoms with E-state index in [9.17, 15) is 0 Å². The van der Waals surface area contributed by atoms with Crippen LogP contribution < -0.4 is 5.73 Å². The van der Waals surface area contributed by atoms with E-state index in [-0.39, 0.29) is 6.04 Å². The largest absolute Gasteiger partial charge is 0.379 e. The summed E-state index contributed by atoms with van der Waals surface area (Å²) < 4.78 is 5.44. The predicted molar refractivity (Wildman–Crippen MR) is 72.5 cm³/mol. The van der Waals surface area contributed by atoms with Crippen LogP contribution in [0.15, 0.2) is 24.3 Å². The van der Waals surface area contributed by atoms with Crippen LogP contribution in [-0.2, 0) is 11.2 Å². The first-order valence-electron chi connectivity index (χ1n) is 7.01. The predicted octanol–water partition coefficient (Wildman–Crippen LogP) is 1.72. The first-order chi connectivity index (χ1) is 8.86. The molecule has 98 valence electrons. The van der Waals surface area contributed by atoms with Crippen LogP contribution in [0, 0.1) is 0 Å². The van der Waals surface area contributed by atoms with Gasteiger partial charge in [-0.3, -0.25) is 4.90 Å². The third kappa shape index (κ3) is 2.30. The van der Waals surface area contributed by atoms with Gasteiger partial charge in [-0.25, -0.2) is 0 Å². The van der Waals surface area contributed by atoms with Crippen molar-refractivity contribution >= 4 is 0 Å². The van der Waals surface area contributed by atoms with Crippen molar-refractivity contribution in [2.24, 2.45) is 5.73 Å². The average molecular weight is 246 g/mol. The lowest BCUT2D eigenvalue weighted by Gasteiger charge is -2.37. The Morgan fingerprint density at radius 1 is 1.17 bits per heavy atom. The van der Waals surface area contributed by atoms with E-state index < -0.39 is 0 Å². The van der Waals surface area contributed by atoms with Gasteiger partial charge in [0.25, 0.3) is 0 Å². The molecule has 0 aromatic heterocycles. The Bertz CT molecular complexity index is 401. The summed E-state index contributed by atoms with van der Waals surface area (Å²) in [6, 6.07) is 9.32. The number of ether oxygens (including phenoxy) is 1. The molecule has 18 heavy (non-hydrogen) atoms. The highest BCUT2D eigenvalue weighted by Gasteiger charge is 2.30. The Kier molecular flexibility index (Phi) is 3.64. The summed E-state index contributed by atoms with van der Waals surface area (Å²) in [5, 5.41) is 0. The zero-order valence-electron chi connectivity index (χ0n) is 10.8. The fourth-order valence-corrected chi connectivity index (χ4v) is 3.29. The van der Waals surface area contributed by atoms with E-state index in [4.69, 9.17) is 10.5 Å². The molecule has 0 spiro atoms. The molecule has 3 rings (SSSR count). The topological polar surface area (TPSA) is 38.5 Å². The van der Waals surface area contributed by atoms with Crippen molar-refractivity contribution in [2.45, 2.75) is 31.3 Å². The van der Waals surface area contributed by atoms with Gasteiger partial charge in [0, 0.05) is 25.2 Å².